The Hall–Kier alpha value is -0.472. The Morgan fingerprint density at radius 3 is 1.62 bits per heavy atom. The number of carboxylic acid groups (broad SMARTS) is 1. The van der Waals surface area contributed by atoms with Crippen molar-refractivity contribution in [3.63, 3.8) is 0 Å². The minimum atomic E-state index is -0.947. The number of aliphatic hydroxyl groups excluding tert-OH is 1. The smallest absolute Gasteiger partial charge is 0.334 e. The number of carbonyl (C=O) groups excluding carboxylic acids is 3. The molecule has 4 N–H and O–H groups in total. The molecule has 0 bridgehead atoms. The van der Waals surface area contributed by atoms with Gasteiger partial charge in [-0.2, -0.15) is 0 Å². The Kier molecular flexibility index (Phi) is 13.1. The normalized spacial score (nSPS) is 49.9. The van der Waals surface area contributed by atoms with Gasteiger partial charge in [0.2, 0.25) is 0 Å². The zero-order chi connectivity index (χ0) is 47.1. The standard InChI is InChI=1S/C23H28NO7.C20H24O6.C3H6NO2.CH2Cl2.2Y/c1-10(2)21-16(30-21)17-23(31-17)20(3)6-5-11-12(9-27-18(11)26)13(20)7-14-22(23,29-14)19(21)28-15(25)8-24-4;1-8(2)18-13(25-18)14-20(26-14)17(3)5-4-9-10(7-23-15(9)21)11(17)6-12-19(20,24-12)16(18)22;1-4-2-3(5)6;2-1-3;;/h8,10,13-14,16-17,19,24H,5-7,9H2,1-4H3;8,11-14,16,22H,4-7H2,1-3H3;2,4H,1H3,(H,5,6);1H2;;/q-1;;-1;;;/t13-,14-,16-,17-,19+,20-,21-,22+,23+;11-,12-,13-,14-,16+,17-,18-,19+,20+;;;;/m00..../s1. The number of halogens is 2. The van der Waals surface area contributed by atoms with Crippen molar-refractivity contribution < 1.29 is 137 Å². The van der Waals surface area contributed by atoms with Crippen LogP contribution in [0.3, 0.4) is 0 Å². The van der Waals surface area contributed by atoms with Crippen LogP contribution >= 0.6 is 23.2 Å². The van der Waals surface area contributed by atoms with Gasteiger partial charge in [-0.05, 0) is 87.4 Å². The van der Waals surface area contributed by atoms with E-state index < -0.39 is 57.8 Å². The van der Waals surface area contributed by atoms with Gasteiger partial charge in [0.15, 0.2) is 29.2 Å². The van der Waals surface area contributed by atoms with E-state index in [0.29, 0.717) is 19.6 Å². The fourth-order valence-corrected chi connectivity index (χ4v) is 15.9. The Morgan fingerprint density at radius 2 is 1.16 bits per heavy atom. The van der Waals surface area contributed by atoms with Gasteiger partial charge in [-0.25, -0.2) is 22.7 Å². The maximum Gasteiger partial charge on any atom is 0.334 e. The number of esters is 3. The Balaban J connectivity index is 0.000000142. The minimum absolute atomic E-state index is 0. The van der Waals surface area contributed by atoms with Gasteiger partial charge >= 0.3 is 11.9 Å². The second kappa shape index (κ2) is 17.0. The molecule has 17 nitrogen and oxygen atoms in total. The Bertz CT molecular complexity index is 2260. The van der Waals surface area contributed by atoms with E-state index in [1.165, 1.54) is 13.6 Å². The summed E-state index contributed by atoms with van der Waals surface area (Å²) in [6.45, 7) is 16.1. The molecule has 14 rings (SSSR count). The van der Waals surface area contributed by atoms with Crippen LogP contribution in [0, 0.1) is 47.6 Å². The molecule has 4 saturated carbocycles. The Morgan fingerprint density at radius 1 is 0.721 bits per heavy atom. The van der Waals surface area contributed by atoms with Crippen molar-refractivity contribution in [1.82, 2.24) is 10.6 Å². The van der Waals surface area contributed by atoms with Crippen LogP contribution < -0.4 is 10.6 Å². The molecule has 0 aromatic heterocycles. The van der Waals surface area contributed by atoms with Gasteiger partial charge in [0.1, 0.15) is 66.1 Å². The molecule has 370 valence electrons. The molecule has 21 heteroatoms. The number of hydrogen-bond acceptors (Lipinski definition) is 16. The van der Waals surface area contributed by atoms with Crippen LogP contribution in [-0.2, 0) is 127 Å². The molecular weight excluding hydrogens is 1080 g/mol. The first-order valence-corrected chi connectivity index (χ1v) is 24.5. The topological polar surface area (TPSA) is 236 Å². The molecule has 8 heterocycles. The van der Waals surface area contributed by atoms with Gasteiger partial charge in [0, 0.05) is 87.4 Å². The zero-order valence-electron chi connectivity index (χ0n) is 39.6. The molecule has 18 atom stereocenters. The molecule has 10 fully saturated rings. The van der Waals surface area contributed by atoms with Gasteiger partial charge in [0.05, 0.1) is 17.5 Å². The minimum Gasteiger partial charge on any atom is -0.502 e. The predicted octanol–water partition coefficient (Wildman–Crippen LogP) is 3.01. The van der Waals surface area contributed by atoms with Crippen LogP contribution in [0.15, 0.2) is 22.3 Å². The molecule has 6 saturated heterocycles. The van der Waals surface area contributed by atoms with E-state index >= 15 is 0 Å². The summed E-state index contributed by atoms with van der Waals surface area (Å²) in [5.74, 6) is -0.921. The molecular formula is C47H60Cl2N2O15Y2-2. The fraction of sp³-hybridized carbons (Fsp3) is 0.787. The van der Waals surface area contributed by atoms with Crippen LogP contribution in [0.5, 0.6) is 0 Å². The van der Waals surface area contributed by atoms with E-state index in [9.17, 15) is 24.3 Å². The molecule has 14 aliphatic rings. The largest absolute Gasteiger partial charge is 0.502 e. The summed E-state index contributed by atoms with van der Waals surface area (Å²) in [5.41, 5.74) is 0.135. The second-order valence-electron chi connectivity index (χ2n) is 21.5. The summed E-state index contributed by atoms with van der Waals surface area (Å²) in [4.78, 5) is 46.4. The second-order valence-corrected chi connectivity index (χ2v) is 22.3. The van der Waals surface area contributed by atoms with Gasteiger partial charge in [0.25, 0.3) is 0 Å². The molecule has 0 aromatic rings. The first-order chi connectivity index (χ1) is 31.3. The maximum absolute atomic E-state index is 12.6. The van der Waals surface area contributed by atoms with E-state index in [0.717, 1.165) is 60.9 Å². The Labute approximate surface area is 456 Å². The number of cyclic esters (lactones) is 2. The van der Waals surface area contributed by atoms with Crippen molar-refractivity contribution in [2.24, 2.45) is 34.5 Å². The third kappa shape index (κ3) is 6.21. The van der Waals surface area contributed by atoms with Crippen LogP contribution in [0.25, 0.3) is 0 Å². The number of fused-ring (bicyclic) bond motifs is 8. The number of rotatable bonds is 7. The van der Waals surface area contributed by atoms with E-state index in [2.05, 4.69) is 52.2 Å². The molecule has 6 aliphatic carbocycles. The predicted molar refractivity (Wildman–Crippen MR) is 229 cm³/mol. The molecule has 0 unspecified atom stereocenters. The molecule has 8 aliphatic heterocycles. The molecule has 0 aromatic carbocycles. The number of aliphatic hydroxyl groups is 1. The summed E-state index contributed by atoms with van der Waals surface area (Å²) < 4.78 is 55.4. The van der Waals surface area contributed by atoms with Crippen LogP contribution in [0.2, 0.25) is 0 Å². The zero-order valence-corrected chi connectivity index (χ0v) is 46.7. The number of likely N-dealkylation sites (N-methyl/N-ethyl adjacent to an activating group) is 2. The number of hydrogen-bond donors (Lipinski definition) is 4. The van der Waals surface area contributed by atoms with Crippen molar-refractivity contribution in [1.29, 1.82) is 0 Å². The number of nitrogens with one attached hydrogen (secondary N) is 2. The molecule has 4 spiro atoms. The van der Waals surface area contributed by atoms with Gasteiger partial charge < -0.3 is 63.5 Å². The van der Waals surface area contributed by atoms with Gasteiger partial charge in [-0.1, -0.05) is 41.5 Å². The number of carbonyl (C=O) groups is 4. The van der Waals surface area contributed by atoms with Crippen molar-refractivity contribution in [3.8, 4) is 0 Å². The van der Waals surface area contributed by atoms with Crippen molar-refractivity contribution in [2.75, 3.05) is 32.6 Å². The maximum atomic E-state index is 12.6. The fourth-order valence-electron chi connectivity index (χ4n) is 15.9. The first-order valence-electron chi connectivity index (χ1n) is 23.4. The molecule has 0 amide bonds. The summed E-state index contributed by atoms with van der Waals surface area (Å²) in [6, 6.07) is 0. The molecule has 2 radical (unpaired) electrons. The summed E-state index contributed by atoms with van der Waals surface area (Å²) in [5, 5.41) is 24.5. The molecule has 68 heavy (non-hydrogen) atoms. The van der Waals surface area contributed by atoms with E-state index in [4.69, 9.17) is 70.9 Å². The van der Waals surface area contributed by atoms with Crippen molar-refractivity contribution >= 4 is 47.1 Å². The number of aliphatic carboxylic acids is 1. The number of alkyl halides is 2. The van der Waals surface area contributed by atoms with Crippen LogP contribution in [0.1, 0.15) is 80.1 Å². The van der Waals surface area contributed by atoms with E-state index in [1.54, 1.807) is 7.05 Å². The number of ether oxygens (including phenoxy) is 9. The first kappa shape index (κ1) is 52.4. The third-order valence-electron chi connectivity index (χ3n) is 18.9. The SMILES string of the molecule is CC(C)[C@]12O[C@H]1[C@@H]1O[C@]13[C@]1(O[C@H]1C[C@H]1C4=C(CC[C@@]13C)C(=O)OC4)[C@@H]2O.CN[CH-]C(=O)O.CN[CH-]C(=O)O[C@@H]1[C@@]2(C(C)C)O[C@H]2[C@@H]2O[C@]23[C@]12O[C@H]2C[C@H]1C2=C(CC[C@@]13C)C(=O)OC2.ClCCl.[Y].[Y]. The average Bonchev–Trinajstić information content (AvgIpc) is 4.01. The summed E-state index contributed by atoms with van der Waals surface area (Å²) >= 11 is 9.53. The van der Waals surface area contributed by atoms with Crippen molar-refractivity contribution in [3.05, 3.63) is 35.4 Å². The quantitative estimate of drug-likeness (QED) is 0.0943. The third-order valence-corrected chi connectivity index (χ3v) is 18.9. The van der Waals surface area contributed by atoms with Crippen LogP contribution in [-0.4, -0.2) is 149 Å². The summed E-state index contributed by atoms with van der Waals surface area (Å²) in [6.07, 6.45) is 3.21. The number of carboxylic acids is 1. The number of epoxide rings is 6. The monoisotopic (exact) mass is 1140 g/mol. The summed E-state index contributed by atoms with van der Waals surface area (Å²) in [7, 11) is 3.21. The average molecular weight is 1140 g/mol. The van der Waals surface area contributed by atoms with E-state index in [1.807, 2.05) is 0 Å². The van der Waals surface area contributed by atoms with E-state index in [-0.39, 0.29) is 154 Å². The van der Waals surface area contributed by atoms with Gasteiger partial charge in [-0.3, -0.25) is 9.59 Å². The van der Waals surface area contributed by atoms with Crippen LogP contribution in [0.4, 0.5) is 0 Å². The van der Waals surface area contributed by atoms with Gasteiger partial charge in [-0.15, -0.1) is 23.2 Å². The van der Waals surface area contributed by atoms with Crippen molar-refractivity contribution in [2.45, 2.75) is 163 Å².